The summed E-state index contributed by atoms with van der Waals surface area (Å²) >= 11 is 0. The summed E-state index contributed by atoms with van der Waals surface area (Å²) in [6.07, 6.45) is -0.0180. The Labute approximate surface area is 117 Å². The van der Waals surface area contributed by atoms with Gasteiger partial charge in [0.2, 0.25) is 0 Å². The maximum absolute atomic E-state index is 12.5. The largest absolute Gasteiger partial charge is 0.375 e. The normalized spacial score (nSPS) is 22.6. The third kappa shape index (κ3) is 2.80. The lowest BCUT2D eigenvalue weighted by Crippen LogP contribution is -2.50. The van der Waals surface area contributed by atoms with E-state index in [0.717, 1.165) is 0 Å². The second-order valence-corrected chi connectivity index (χ2v) is 5.21. The number of carbonyl (C=O) groups is 1. The van der Waals surface area contributed by atoms with Crippen LogP contribution in [0.25, 0.3) is 0 Å². The number of benzene rings is 1. The molecule has 2 atom stereocenters. The third-order valence-corrected chi connectivity index (χ3v) is 3.52. The molecule has 1 amide bonds. The molecule has 0 spiro atoms. The van der Waals surface area contributed by atoms with Gasteiger partial charge in [-0.1, -0.05) is 6.07 Å². The number of nitro benzene ring substituents is 1. The number of nitrogens with zero attached hydrogens (tertiary/aromatic N) is 2. The zero-order valence-corrected chi connectivity index (χ0v) is 11.8. The van der Waals surface area contributed by atoms with Crippen molar-refractivity contribution in [3.05, 3.63) is 39.4 Å². The molecule has 6 heteroatoms. The minimum Gasteiger partial charge on any atom is -0.375 e. The lowest BCUT2D eigenvalue weighted by molar-refractivity contribution is -0.385. The third-order valence-electron chi connectivity index (χ3n) is 3.52. The number of rotatable bonds is 2. The molecule has 0 aromatic heterocycles. The fourth-order valence-electron chi connectivity index (χ4n) is 2.29. The average Bonchev–Trinajstić information content (AvgIpc) is 2.41. The monoisotopic (exact) mass is 278 g/mol. The molecule has 1 aromatic rings. The maximum Gasteiger partial charge on any atom is 0.273 e. The number of nitro groups is 1. The van der Waals surface area contributed by atoms with Crippen LogP contribution < -0.4 is 0 Å². The minimum absolute atomic E-state index is 0.0180. The van der Waals surface area contributed by atoms with Gasteiger partial charge in [0.15, 0.2) is 0 Å². The van der Waals surface area contributed by atoms with E-state index in [2.05, 4.69) is 0 Å². The number of hydrogen-bond acceptors (Lipinski definition) is 4. The summed E-state index contributed by atoms with van der Waals surface area (Å²) in [5, 5.41) is 10.9. The highest BCUT2D eigenvalue weighted by molar-refractivity contribution is 5.95. The smallest absolute Gasteiger partial charge is 0.273 e. The lowest BCUT2D eigenvalue weighted by atomic mass is 10.1. The standard InChI is InChI=1S/C14H18N2O4/c1-9-4-5-12(6-13(9)16(18)19)14(17)15-7-11(3)20-8-10(15)2/h4-6,10-11H,7-8H2,1-3H3/t10-,11-/m0/s1. The van der Waals surface area contributed by atoms with Crippen LogP contribution in [0, 0.1) is 17.0 Å². The second-order valence-electron chi connectivity index (χ2n) is 5.21. The van der Waals surface area contributed by atoms with Crippen molar-refractivity contribution >= 4 is 11.6 Å². The Balaban J connectivity index is 2.29. The summed E-state index contributed by atoms with van der Waals surface area (Å²) in [7, 11) is 0. The number of carbonyl (C=O) groups excluding carboxylic acids is 1. The van der Waals surface area contributed by atoms with Crippen LogP contribution >= 0.6 is 0 Å². The van der Waals surface area contributed by atoms with Crippen LogP contribution in [0.3, 0.4) is 0 Å². The number of ether oxygens (including phenoxy) is 1. The Hall–Kier alpha value is -1.95. The van der Waals surface area contributed by atoms with E-state index in [9.17, 15) is 14.9 Å². The van der Waals surface area contributed by atoms with Gasteiger partial charge in [0.25, 0.3) is 11.6 Å². The van der Waals surface area contributed by atoms with Crippen molar-refractivity contribution in [2.45, 2.75) is 32.9 Å². The van der Waals surface area contributed by atoms with Crippen molar-refractivity contribution in [1.29, 1.82) is 0 Å². The zero-order valence-electron chi connectivity index (χ0n) is 11.8. The molecule has 20 heavy (non-hydrogen) atoms. The highest BCUT2D eigenvalue weighted by Crippen LogP contribution is 2.22. The fraction of sp³-hybridized carbons (Fsp3) is 0.500. The molecule has 0 unspecified atom stereocenters. The van der Waals surface area contributed by atoms with Crippen molar-refractivity contribution < 1.29 is 14.5 Å². The van der Waals surface area contributed by atoms with Gasteiger partial charge in [-0.3, -0.25) is 14.9 Å². The number of hydrogen-bond donors (Lipinski definition) is 0. The number of morpholine rings is 1. The second kappa shape index (κ2) is 5.58. The molecule has 2 rings (SSSR count). The predicted octanol–water partition coefficient (Wildman–Crippen LogP) is 2.15. The first-order chi connectivity index (χ1) is 9.40. The Morgan fingerprint density at radius 1 is 1.45 bits per heavy atom. The Kier molecular flexibility index (Phi) is 4.04. The topological polar surface area (TPSA) is 72.7 Å². The van der Waals surface area contributed by atoms with Crippen LogP contribution in [0.15, 0.2) is 18.2 Å². The van der Waals surface area contributed by atoms with E-state index >= 15 is 0 Å². The van der Waals surface area contributed by atoms with Crippen LogP contribution in [0.2, 0.25) is 0 Å². The molecule has 1 aromatic carbocycles. The summed E-state index contributed by atoms with van der Waals surface area (Å²) in [4.78, 5) is 24.7. The zero-order chi connectivity index (χ0) is 14.9. The summed E-state index contributed by atoms with van der Waals surface area (Å²) in [6.45, 7) is 6.46. The van der Waals surface area contributed by atoms with E-state index in [0.29, 0.717) is 24.3 Å². The molecule has 1 saturated heterocycles. The molecule has 6 nitrogen and oxygen atoms in total. The summed E-state index contributed by atoms with van der Waals surface area (Å²) in [6, 6.07) is 4.57. The van der Waals surface area contributed by atoms with Crippen molar-refractivity contribution in [2.24, 2.45) is 0 Å². The van der Waals surface area contributed by atoms with E-state index in [1.165, 1.54) is 6.07 Å². The van der Waals surface area contributed by atoms with Crippen LogP contribution in [0.4, 0.5) is 5.69 Å². The van der Waals surface area contributed by atoms with Crippen LogP contribution in [0.1, 0.15) is 29.8 Å². The van der Waals surface area contributed by atoms with Crippen LogP contribution in [-0.2, 0) is 4.74 Å². The highest BCUT2D eigenvalue weighted by atomic mass is 16.6. The van der Waals surface area contributed by atoms with Crippen molar-refractivity contribution in [3.63, 3.8) is 0 Å². The first-order valence-electron chi connectivity index (χ1n) is 6.57. The quantitative estimate of drug-likeness (QED) is 0.613. The molecule has 1 fully saturated rings. The van der Waals surface area contributed by atoms with Gasteiger partial charge >= 0.3 is 0 Å². The molecule has 0 saturated carbocycles. The maximum atomic E-state index is 12.5. The lowest BCUT2D eigenvalue weighted by Gasteiger charge is -2.36. The van der Waals surface area contributed by atoms with Gasteiger partial charge in [0.05, 0.1) is 23.7 Å². The SMILES string of the molecule is Cc1ccc(C(=O)N2C[C@H](C)OC[C@@H]2C)cc1[N+](=O)[O-]. The first-order valence-corrected chi connectivity index (χ1v) is 6.57. The van der Waals surface area contributed by atoms with Gasteiger partial charge in [-0.05, 0) is 26.8 Å². The molecule has 108 valence electrons. The van der Waals surface area contributed by atoms with Gasteiger partial charge in [0.1, 0.15) is 0 Å². The molecule has 0 N–H and O–H groups in total. The van der Waals surface area contributed by atoms with Crippen LogP contribution in [0.5, 0.6) is 0 Å². The Bertz CT molecular complexity index is 544. The summed E-state index contributed by atoms with van der Waals surface area (Å²) in [5.74, 6) is -0.184. The Morgan fingerprint density at radius 3 is 2.80 bits per heavy atom. The van der Waals surface area contributed by atoms with E-state index in [4.69, 9.17) is 4.74 Å². The Morgan fingerprint density at radius 2 is 2.15 bits per heavy atom. The molecule has 1 heterocycles. The predicted molar refractivity (Wildman–Crippen MR) is 73.7 cm³/mol. The van der Waals surface area contributed by atoms with E-state index in [1.54, 1.807) is 24.0 Å². The molecule has 1 aliphatic heterocycles. The van der Waals surface area contributed by atoms with Crippen molar-refractivity contribution in [2.75, 3.05) is 13.2 Å². The average molecular weight is 278 g/mol. The van der Waals surface area contributed by atoms with Crippen LogP contribution in [-0.4, -0.2) is 41.0 Å². The molecular weight excluding hydrogens is 260 g/mol. The molecule has 0 radical (unpaired) electrons. The first kappa shape index (κ1) is 14.5. The molecule has 0 aliphatic carbocycles. The fourth-order valence-corrected chi connectivity index (χ4v) is 2.29. The van der Waals surface area contributed by atoms with Gasteiger partial charge in [-0.2, -0.15) is 0 Å². The molecule has 1 aliphatic rings. The number of amides is 1. The van der Waals surface area contributed by atoms with Crippen molar-refractivity contribution in [1.82, 2.24) is 4.90 Å². The van der Waals surface area contributed by atoms with Gasteiger partial charge < -0.3 is 9.64 Å². The van der Waals surface area contributed by atoms with Crippen molar-refractivity contribution in [3.8, 4) is 0 Å². The van der Waals surface area contributed by atoms with E-state index in [-0.39, 0.29) is 23.7 Å². The number of aryl methyl sites for hydroxylation is 1. The van der Waals surface area contributed by atoms with Gasteiger partial charge in [0, 0.05) is 23.7 Å². The molecule has 0 bridgehead atoms. The molecular formula is C14H18N2O4. The van der Waals surface area contributed by atoms with E-state index < -0.39 is 4.92 Å². The highest BCUT2D eigenvalue weighted by Gasteiger charge is 2.29. The minimum atomic E-state index is -0.461. The van der Waals surface area contributed by atoms with Gasteiger partial charge in [-0.15, -0.1) is 0 Å². The summed E-state index contributed by atoms with van der Waals surface area (Å²) < 4.78 is 5.49. The van der Waals surface area contributed by atoms with Gasteiger partial charge in [-0.25, -0.2) is 0 Å². The summed E-state index contributed by atoms with van der Waals surface area (Å²) in [5.41, 5.74) is 0.878. The van der Waals surface area contributed by atoms with E-state index in [1.807, 2.05) is 13.8 Å².